The summed E-state index contributed by atoms with van der Waals surface area (Å²) in [6.07, 6.45) is 3.02. The summed E-state index contributed by atoms with van der Waals surface area (Å²) in [5.74, 6) is 1.82. The van der Waals surface area contributed by atoms with Crippen LogP contribution in [0.3, 0.4) is 0 Å². The summed E-state index contributed by atoms with van der Waals surface area (Å²) in [5, 5.41) is 25.0. The van der Waals surface area contributed by atoms with Crippen LogP contribution in [0.4, 0.5) is 18.0 Å². The summed E-state index contributed by atoms with van der Waals surface area (Å²) >= 11 is 0. The Labute approximate surface area is 264 Å². The van der Waals surface area contributed by atoms with Gasteiger partial charge in [0, 0.05) is 6.54 Å². The van der Waals surface area contributed by atoms with Gasteiger partial charge in [0.1, 0.15) is 5.75 Å². The van der Waals surface area contributed by atoms with Crippen molar-refractivity contribution < 1.29 is 41.3 Å². The SMILES string of the molecule is CC[C@H]1C(O)C2C(CCC3(C)C([C@H](C)CCNC(=O)NS(=O)(=O)c4ccc(OC(F)(F)F)cc4)CC[C@@H]23)C2(C)CC[C@@H](O)CC12. The quantitative estimate of drug-likeness (QED) is 0.263. The fourth-order valence-corrected chi connectivity index (χ4v) is 11.5. The summed E-state index contributed by atoms with van der Waals surface area (Å²) in [4.78, 5) is 12.1. The first-order valence-corrected chi connectivity index (χ1v) is 18.0. The topological polar surface area (TPSA) is 125 Å². The molecular weight excluding hydrogens is 609 g/mol. The summed E-state index contributed by atoms with van der Waals surface area (Å²) in [6, 6.07) is 2.73. The lowest BCUT2D eigenvalue weighted by atomic mass is 9.41. The van der Waals surface area contributed by atoms with E-state index in [9.17, 15) is 36.6 Å². The van der Waals surface area contributed by atoms with Gasteiger partial charge < -0.3 is 20.3 Å². The number of nitrogens with one attached hydrogen (secondary N) is 2. The van der Waals surface area contributed by atoms with Gasteiger partial charge in [-0.1, -0.05) is 34.1 Å². The molecule has 4 aliphatic carbocycles. The molecule has 2 amide bonds. The van der Waals surface area contributed by atoms with E-state index in [1.54, 1.807) is 0 Å². The molecule has 8 nitrogen and oxygen atoms in total. The van der Waals surface area contributed by atoms with E-state index in [-0.39, 0.29) is 52.2 Å². The molecule has 12 heteroatoms. The van der Waals surface area contributed by atoms with Crippen molar-refractivity contribution in [3.63, 3.8) is 0 Å². The average molecular weight is 659 g/mol. The van der Waals surface area contributed by atoms with Crippen LogP contribution in [0.25, 0.3) is 0 Å². The predicted molar refractivity (Wildman–Crippen MR) is 162 cm³/mol. The Morgan fingerprint density at radius 2 is 1.67 bits per heavy atom. The van der Waals surface area contributed by atoms with Gasteiger partial charge in [0.25, 0.3) is 10.0 Å². The minimum absolute atomic E-state index is 0.0742. The fourth-order valence-electron chi connectivity index (χ4n) is 10.6. The number of alkyl halides is 3. The number of hydrogen-bond donors (Lipinski definition) is 4. The molecule has 5 rings (SSSR count). The number of urea groups is 1. The van der Waals surface area contributed by atoms with E-state index in [2.05, 4.69) is 37.7 Å². The largest absolute Gasteiger partial charge is 0.573 e. The molecule has 0 aliphatic heterocycles. The minimum atomic E-state index is -4.90. The molecule has 0 spiro atoms. The number of aliphatic hydroxyl groups is 2. The van der Waals surface area contributed by atoms with E-state index in [4.69, 9.17) is 0 Å². The number of fused-ring (bicyclic) bond motifs is 5. The Bertz CT molecular complexity index is 1330. The van der Waals surface area contributed by atoms with Crippen LogP contribution in [0.1, 0.15) is 85.5 Å². The number of sulfonamides is 1. The Kier molecular flexibility index (Phi) is 9.54. The molecule has 45 heavy (non-hydrogen) atoms. The number of ether oxygens (including phenoxy) is 1. The highest BCUT2D eigenvalue weighted by Gasteiger charge is 2.64. The molecule has 4 fully saturated rings. The van der Waals surface area contributed by atoms with Gasteiger partial charge in [-0.3, -0.25) is 0 Å². The van der Waals surface area contributed by atoms with E-state index >= 15 is 0 Å². The maximum Gasteiger partial charge on any atom is 0.573 e. The number of aliphatic hydroxyl groups excluding tert-OH is 2. The number of halogens is 3. The molecular formula is C33H49F3N2O6S. The highest BCUT2D eigenvalue weighted by Crippen LogP contribution is 2.69. The standard InChI is InChI=1S/C33H49F3N2O6S/c1-5-23-27-18-20(39)12-15-32(27,4)26-13-16-31(3)24(10-11-25(31)28(26)29(23)40)19(2)14-17-37-30(41)38-45(42,43)22-8-6-21(7-9-22)44-33(34,35)36/h6-9,19-20,23-29,39-40H,5,10-18H2,1-4H3,(H2,37,38,41)/t19-,20-,23-,24?,25+,26?,27?,28?,29?,31?,32?/m1/s1. The highest BCUT2D eigenvalue weighted by molar-refractivity contribution is 7.90. The number of benzene rings is 1. The second-order valence-corrected chi connectivity index (χ2v) is 16.5. The monoisotopic (exact) mass is 658 g/mol. The van der Waals surface area contributed by atoms with Crippen molar-refractivity contribution in [3.05, 3.63) is 24.3 Å². The summed E-state index contributed by atoms with van der Waals surface area (Å²) in [7, 11) is -4.29. The van der Waals surface area contributed by atoms with Crippen molar-refractivity contribution in [2.75, 3.05) is 6.54 Å². The average Bonchev–Trinajstić information content (AvgIpc) is 3.30. The Morgan fingerprint density at radius 3 is 2.31 bits per heavy atom. The van der Waals surface area contributed by atoms with E-state index < -0.39 is 28.2 Å². The van der Waals surface area contributed by atoms with Crippen LogP contribution in [0.5, 0.6) is 5.75 Å². The molecule has 0 aromatic heterocycles. The first-order chi connectivity index (χ1) is 21.0. The molecule has 1 aromatic rings. The van der Waals surface area contributed by atoms with Gasteiger partial charge in [-0.15, -0.1) is 13.2 Å². The molecule has 1 aromatic carbocycles. The van der Waals surface area contributed by atoms with Crippen LogP contribution < -0.4 is 14.8 Å². The molecule has 7 unspecified atom stereocenters. The zero-order chi connectivity index (χ0) is 32.9. The molecule has 4 aliphatic rings. The number of rotatable bonds is 8. The second kappa shape index (κ2) is 12.5. The maximum atomic E-state index is 12.6. The van der Waals surface area contributed by atoms with Crippen LogP contribution in [0, 0.1) is 52.3 Å². The van der Waals surface area contributed by atoms with Crippen molar-refractivity contribution in [1.82, 2.24) is 10.0 Å². The minimum Gasteiger partial charge on any atom is -0.406 e. The van der Waals surface area contributed by atoms with E-state index in [1.807, 2.05) is 4.72 Å². The highest BCUT2D eigenvalue weighted by atomic mass is 32.2. The lowest BCUT2D eigenvalue weighted by Crippen LogP contribution is -2.62. The van der Waals surface area contributed by atoms with Crippen LogP contribution in [-0.4, -0.2) is 49.8 Å². The zero-order valence-corrected chi connectivity index (χ0v) is 27.5. The molecule has 0 bridgehead atoms. The third-order valence-electron chi connectivity index (χ3n) is 12.6. The van der Waals surface area contributed by atoms with E-state index in [0.717, 1.165) is 75.6 Å². The zero-order valence-electron chi connectivity index (χ0n) is 26.6. The molecule has 0 heterocycles. The van der Waals surface area contributed by atoms with Crippen molar-refractivity contribution in [2.45, 2.75) is 109 Å². The molecule has 11 atom stereocenters. The Balaban J connectivity index is 1.18. The lowest BCUT2D eigenvalue weighted by molar-refractivity contribution is -0.274. The van der Waals surface area contributed by atoms with Gasteiger partial charge in [0.15, 0.2) is 0 Å². The summed E-state index contributed by atoms with van der Waals surface area (Å²) in [5.41, 5.74) is 0.218. The third kappa shape index (κ3) is 6.57. The van der Waals surface area contributed by atoms with Gasteiger partial charge in [-0.25, -0.2) is 17.9 Å². The third-order valence-corrected chi connectivity index (χ3v) is 14.0. The van der Waals surface area contributed by atoms with Crippen LogP contribution >= 0.6 is 0 Å². The number of hydrogen-bond acceptors (Lipinski definition) is 6. The predicted octanol–water partition coefficient (Wildman–Crippen LogP) is 6.23. The first kappa shape index (κ1) is 34.3. The smallest absolute Gasteiger partial charge is 0.406 e. The van der Waals surface area contributed by atoms with Gasteiger partial charge in [0.05, 0.1) is 17.1 Å². The first-order valence-electron chi connectivity index (χ1n) is 16.5. The van der Waals surface area contributed by atoms with Crippen molar-refractivity contribution in [2.24, 2.45) is 52.3 Å². The van der Waals surface area contributed by atoms with Crippen LogP contribution in [-0.2, 0) is 10.0 Å². The summed E-state index contributed by atoms with van der Waals surface area (Å²) in [6.45, 7) is 9.47. The van der Waals surface area contributed by atoms with E-state index in [0.29, 0.717) is 30.1 Å². The molecule has 4 saturated carbocycles. The molecule has 0 radical (unpaired) electrons. The van der Waals surface area contributed by atoms with Gasteiger partial charge >= 0.3 is 12.4 Å². The normalized spacial score (nSPS) is 38.8. The Morgan fingerprint density at radius 1 is 1.02 bits per heavy atom. The van der Waals surface area contributed by atoms with Crippen LogP contribution in [0.2, 0.25) is 0 Å². The van der Waals surface area contributed by atoms with Crippen molar-refractivity contribution in [3.8, 4) is 5.75 Å². The molecule has 0 saturated heterocycles. The number of carbonyl (C=O) groups is 1. The lowest BCUT2D eigenvalue weighted by Gasteiger charge is -2.64. The summed E-state index contributed by atoms with van der Waals surface area (Å²) < 4.78 is 68.0. The van der Waals surface area contributed by atoms with Gasteiger partial charge in [-0.05, 0) is 128 Å². The van der Waals surface area contributed by atoms with Crippen molar-refractivity contribution in [1.29, 1.82) is 0 Å². The van der Waals surface area contributed by atoms with Crippen molar-refractivity contribution >= 4 is 16.1 Å². The van der Waals surface area contributed by atoms with Gasteiger partial charge in [0.2, 0.25) is 0 Å². The van der Waals surface area contributed by atoms with Crippen LogP contribution in [0.15, 0.2) is 29.2 Å². The molecule has 4 N–H and O–H groups in total. The van der Waals surface area contributed by atoms with E-state index in [1.165, 1.54) is 0 Å². The fraction of sp³-hybridized carbons (Fsp3) is 0.788. The Hall–Kier alpha value is -2.05. The maximum absolute atomic E-state index is 12.6. The number of carbonyl (C=O) groups excluding carboxylic acids is 1. The number of amides is 2. The van der Waals surface area contributed by atoms with Gasteiger partial charge in [-0.2, -0.15) is 0 Å². The second-order valence-electron chi connectivity index (χ2n) is 14.8. The molecule has 254 valence electrons.